The first-order chi connectivity index (χ1) is 12.1. The fourth-order valence-corrected chi connectivity index (χ4v) is 3.53. The summed E-state index contributed by atoms with van der Waals surface area (Å²) in [6.07, 6.45) is 6.70. The average molecular weight is 343 g/mol. The third-order valence-corrected chi connectivity index (χ3v) is 5.37. The molecule has 136 valence electrons. The first-order valence-electron chi connectivity index (χ1n) is 9.48. The Morgan fingerprint density at radius 1 is 1.16 bits per heavy atom. The molecular weight excluding hydrogens is 314 g/mol. The molecule has 2 aliphatic rings. The SMILES string of the molecule is Cc1ccccc1NC(=O)CCNC1(C(=O)NCC2CC2)CCCC1. The van der Waals surface area contributed by atoms with Gasteiger partial charge in [-0.2, -0.15) is 0 Å². The third-order valence-electron chi connectivity index (χ3n) is 5.37. The lowest BCUT2D eigenvalue weighted by atomic mass is 9.96. The highest BCUT2D eigenvalue weighted by Gasteiger charge is 2.40. The van der Waals surface area contributed by atoms with Crippen molar-refractivity contribution in [2.75, 3.05) is 18.4 Å². The van der Waals surface area contributed by atoms with Crippen molar-refractivity contribution in [2.45, 2.75) is 57.4 Å². The molecule has 0 heterocycles. The summed E-state index contributed by atoms with van der Waals surface area (Å²) in [6.45, 7) is 3.30. The minimum Gasteiger partial charge on any atom is -0.354 e. The molecular formula is C20H29N3O2. The van der Waals surface area contributed by atoms with E-state index in [2.05, 4.69) is 16.0 Å². The van der Waals surface area contributed by atoms with Crippen LogP contribution in [0.15, 0.2) is 24.3 Å². The number of para-hydroxylation sites is 1. The van der Waals surface area contributed by atoms with Gasteiger partial charge in [0, 0.05) is 25.2 Å². The van der Waals surface area contributed by atoms with E-state index in [-0.39, 0.29) is 11.8 Å². The molecule has 1 aromatic rings. The zero-order valence-corrected chi connectivity index (χ0v) is 15.1. The van der Waals surface area contributed by atoms with Crippen LogP contribution in [0.5, 0.6) is 0 Å². The van der Waals surface area contributed by atoms with Crippen molar-refractivity contribution in [2.24, 2.45) is 5.92 Å². The largest absolute Gasteiger partial charge is 0.354 e. The molecule has 1 aromatic carbocycles. The van der Waals surface area contributed by atoms with Gasteiger partial charge in [0.05, 0.1) is 5.54 Å². The molecule has 2 saturated carbocycles. The first kappa shape index (κ1) is 17.9. The minimum atomic E-state index is -0.474. The lowest BCUT2D eigenvalue weighted by Crippen LogP contribution is -2.56. The molecule has 5 heteroatoms. The Balaban J connectivity index is 1.47. The number of anilines is 1. The van der Waals surface area contributed by atoms with Gasteiger partial charge in [-0.1, -0.05) is 31.0 Å². The monoisotopic (exact) mass is 343 g/mol. The van der Waals surface area contributed by atoms with E-state index in [4.69, 9.17) is 0 Å². The number of rotatable bonds is 8. The fraction of sp³-hybridized carbons (Fsp3) is 0.600. The van der Waals surface area contributed by atoms with Gasteiger partial charge in [0.15, 0.2) is 0 Å². The van der Waals surface area contributed by atoms with Crippen LogP contribution >= 0.6 is 0 Å². The summed E-state index contributed by atoms with van der Waals surface area (Å²) in [5, 5.41) is 9.45. The summed E-state index contributed by atoms with van der Waals surface area (Å²) in [5.41, 5.74) is 1.43. The number of aryl methyl sites for hydroxylation is 1. The Morgan fingerprint density at radius 3 is 2.56 bits per heavy atom. The Morgan fingerprint density at radius 2 is 1.88 bits per heavy atom. The molecule has 2 fully saturated rings. The summed E-state index contributed by atoms with van der Waals surface area (Å²) in [7, 11) is 0. The molecule has 3 N–H and O–H groups in total. The zero-order chi connectivity index (χ0) is 17.7. The summed E-state index contributed by atoms with van der Waals surface area (Å²) in [4.78, 5) is 24.8. The molecule has 0 spiro atoms. The molecule has 0 aromatic heterocycles. The predicted molar refractivity (Wildman–Crippen MR) is 99.4 cm³/mol. The van der Waals surface area contributed by atoms with Crippen LogP contribution < -0.4 is 16.0 Å². The van der Waals surface area contributed by atoms with Crippen LogP contribution in [0, 0.1) is 12.8 Å². The number of nitrogens with one attached hydrogen (secondary N) is 3. The van der Waals surface area contributed by atoms with Crippen LogP contribution in [0.1, 0.15) is 50.5 Å². The Kier molecular flexibility index (Phi) is 5.74. The van der Waals surface area contributed by atoms with Gasteiger partial charge < -0.3 is 16.0 Å². The Bertz CT molecular complexity index is 619. The maximum atomic E-state index is 12.6. The quantitative estimate of drug-likeness (QED) is 0.680. The summed E-state index contributed by atoms with van der Waals surface area (Å²) in [6, 6.07) is 7.76. The Labute approximate surface area is 150 Å². The van der Waals surface area contributed by atoms with E-state index in [0.29, 0.717) is 18.9 Å². The number of hydrogen-bond donors (Lipinski definition) is 3. The molecule has 0 aliphatic heterocycles. The number of carbonyl (C=O) groups excluding carboxylic acids is 2. The number of carbonyl (C=O) groups is 2. The topological polar surface area (TPSA) is 70.2 Å². The molecule has 25 heavy (non-hydrogen) atoms. The van der Waals surface area contributed by atoms with E-state index in [1.807, 2.05) is 31.2 Å². The van der Waals surface area contributed by atoms with Crippen molar-refractivity contribution in [1.82, 2.24) is 10.6 Å². The minimum absolute atomic E-state index is 0.0201. The van der Waals surface area contributed by atoms with Gasteiger partial charge in [-0.25, -0.2) is 0 Å². The third kappa shape index (κ3) is 4.82. The maximum Gasteiger partial charge on any atom is 0.240 e. The molecule has 0 radical (unpaired) electrons. The van der Waals surface area contributed by atoms with E-state index in [9.17, 15) is 9.59 Å². The van der Waals surface area contributed by atoms with Gasteiger partial charge in [0.25, 0.3) is 0 Å². The van der Waals surface area contributed by atoms with Crippen molar-refractivity contribution in [3.05, 3.63) is 29.8 Å². The van der Waals surface area contributed by atoms with Crippen molar-refractivity contribution >= 4 is 17.5 Å². The maximum absolute atomic E-state index is 12.6. The van der Waals surface area contributed by atoms with Crippen molar-refractivity contribution in [3.8, 4) is 0 Å². The normalized spacial score (nSPS) is 18.8. The first-order valence-corrected chi connectivity index (χ1v) is 9.48. The smallest absolute Gasteiger partial charge is 0.240 e. The lowest BCUT2D eigenvalue weighted by Gasteiger charge is -2.29. The van der Waals surface area contributed by atoms with Gasteiger partial charge in [-0.05, 0) is 50.2 Å². The van der Waals surface area contributed by atoms with Crippen LogP contribution in [0.2, 0.25) is 0 Å². The van der Waals surface area contributed by atoms with E-state index >= 15 is 0 Å². The fourth-order valence-electron chi connectivity index (χ4n) is 3.53. The van der Waals surface area contributed by atoms with Crippen LogP contribution in [0.4, 0.5) is 5.69 Å². The second-order valence-electron chi connectivity index (χ2n) is 7.48. The van der Waals surface area contributed by atoms with E-state index in [0.717, 1.165) is 43.5 Å². The van der Waals surface area contributed by atoms with Crippen LogP contribution in [0.25, 0.3) is 0 Å². The summed E-state index contributed by atoms with van der Waals surface area (Å²) < 4.78 is 0. The molecule has 0 saturated heterocycles. The molecule has 2 aliphatic carbocycles. The molecule has 0 bridgehead atoms. The number of hydrogen-bond acceptors (Lipinski definition) is 3. The highest BCUT2D eigenvalue weighted by molar-refractivity contribution is 5.91. The van der Waals surface area contributed by atoms with Crippen molar-refractivity contribution in [3.63, 3.8) is 0 Å². The van der Waals surface area contributed by atoms with Gasteiger partial charge in [0.1, 0.15) is 0 Å². The number of amides is 2. The second-order valence-corrected chi connectivity index (χ2v) is 7.48. The lowest BCUT2D eigenvalue weighted by molar-refractivity contribution is -0.128. The average Bonchev–Trinajstić information content (AvgIpc) is 3.31. The molecule has 2 amide bonds. The molecule has 0 atom stereocenters. The highest BCUT2D eigenvalue weighted by atomic mass is 16.2. The van der Waals surface area contributed by atoms with Gasteiger partial charge >= 0.3 is 0 Å². The highest BCUT2D eigenvalue weighted by Crippen LogP contribution is 2.31. The molecule has 3 rings (SSSR count). The predicted octanol–water partition coefficient (Wildman–Crippen LogP) is 2.75. The zero-order valence-electron chi connectivity index (χ0n) is 15.1. The Hall–Kier alpha value is -1.88. The van der Waals surface area contributed by atoms with E-state index in [1.165, 1.54) is 12.8 Å². The second kappa shape index (κ2) is 8.00. The van der Waals surface area contributed by atoms with Crippen molar-refractivity contribution in [1.29, 1.82) is 0 Å². The van der Waals surface area contributed by atoms with Crippen molar-refractivity contribution < 1.29 is 9.59 Å². The van der Waals surface area contributed by atoms with Crippen LogP contribution in [-0.2, 0) is 9.59 Å². The van der Waals surface area contributed by atoms with E-state index in [1.54, 1.807) is 0 Å². The molecule has 0 unspecified atom stereocenters. The molecule has 5 nitrogen and oxygen atoms in total. The number of benzene rings is 1. The van der Waals surface area contributed by atoms with Gasteiger partial charge in [0.2, 0.25) is 11.8 Å². The van der Waals surface area contributed by atoms with Gasteiger partial charge in [-0.3, -0.25) is 9.59 Å². The van der Waals surface area contributed by atoms with E-state index < -0.39 is 5.54 Å². The van der Waals surface area contributed by atoms with Crippen LogP contribution in [0.3, 0.4) is 0 Å². The standard InChI is InChI=1S/C20H29N3O2/c1-15-6-2-3-7-17(15)23-18(24)10-13-22-20(11-4-5-12-20)19(25)21-14-16-8-9-16/h2-3,6-7,16,22H,4-5,8-14H2,1H3,(H,21,25)(H,23,24). The summed E-state index contributed by atoms with van der Waals surface area (Å²) in [5.74, 6) is 0.784. The van der Waals surface area contributed by atoms with Gasteiger partial charge in [-0.15, -0.1) is 0 Å². The summed E-state index contributed by atoms with van der Waals surface area (Å²) >= 11 is 0. The van der Waals surface area contributed by atoms with Crippen LogP contribution in [-0.4, -0.2) is 30.4 Å².